The van der Waals surface area contributed by atoms with Gasteiger partial charge in [0.25, 0.3) is 0 Å². The van der Waals surface area contributed by atoms with Crippen LogP contribution in [0, 0.1) is 5.41 Å². The molecule has 0 saturated carbocycles. The van der Waals surface area contributed by atoms with Crippen molar-refractivity contribution in [2.24, 2.45) is 5.41 Å². The van der Waals surface area contributed by atoms with Crippen molar-refractivity contribution in [3.63, 3.8) is 0 Å². The molecule has 1 N–H and O–H groups in total. The molecule has 0 aliphatic heterocycles. The van der Waals surface area contributed by atoms with Crippen LogP contribution in [-0.4, -0.2) is 16.0 Å². The van der Waals surface area contributed by atoms with Crippen LogP contribution in [0.4, 0.5) is 0 Å². The molecule has 90 valence electrons. The molecule has 0 radical (unpaired) electrons. The van der Waals surface area contributed by atoms with Crippen molar-refractivity contribution in [2.75, 3.05) is 6.16 Å². The van der Waals surface area contributed by atoms with Gasteiger partial charge in [-0.2, -0.15) is 0 Å². The van der Waals surface area contributed by atoms with Crippen molar-refractivity contribution in [1.29, 1.82) is 0 Å². The second-order valence-electron chi connectivity index (χ2n) is 5.24. The minimum atomic E-state index is -3.23. The Balaban J connectivity index is 3.01. The average molecular weight is 241 g/mol. The molecule has 0 amide bonds. The lowest BCUT2D eigenvalue weighted by atomic mass is 9.90. The summed E-state index contributed by atoms with van der Waals surface area (Å²) < 4.78 is 11.8. The molecule has 0 aliphatic rings. The van der Waals surface area contributed by atoms with Gasteiger partial charge in [0.05, 0.1) is 0 Å². The highest BCUT2D eigenvalue weighted by atomic mass is 31.2. The Kier molecular flexibility index (Phi) is 3.92. The smallest absolute Gasteiger partial charge is 0.247 e. The summed E-state index contributed by atoms with van der Waals surface area (Å²) in [6.07, 6.45) is 1.05. The summed E-state index contributed by atoms with van der Waals surface area (Å²) in [5.41, 5.74) is 1.35. The van der Waals surface area contributed by atoms with E-state index < -0.39 is 7.37 Å². The Hall–Kier alpha value is -0.660. The van der Waals surface area contributed by atoms with Gasteiger partial charge in [0.1, 0.15) is 5.44 Å². The normalized spacial score (nSPS) is 15.8. The first-order valence-corrected chi connectivity index (χ1v) is 7.37. The van der Waals surface area contributed by atoms with Crippen LogP contribution in [0.25, 0.3) is 0 Å². The maximum absolute atomic E-state index is 11.8. The highest BCUT2D eigenvalue weighted by Gasteiger charge is 2.21. The minimum absolute atomic E-state index is 0.136. The van der Waals surface area contributed by atoms with Crippen LogP contribution in [0.3, 0.4) is 0 Å². The predicted octanol–water partition coefficient (Wildman–Crippen LogP) is 2.59. The molecule has 0 bridgehead atoms. The quantitative estimate of drug-likeness (QED) is 0.827. The number of hydrogen-bond acceptors (Lipinski definition) is 2. The molecule has 0 fully saturated rings. The molecular weight excluding hydrogens is 221 g/mol. The number of rotatable bonds is 3. The lowest BCUT2D eigenvalue weighted by molar-refractivity contribution is 0.406. The van der Waals surface area contributed by atoms with Crippen LogP contribution in [0.2, 0.25) is 0 Å². The molecule has 1 rings (SSSR count). The predicted molar refractivity (Wildman–Crippen MR) is 67.4 cm³/mol. The Morgan fingerprint density at radius 1 is 1.38 bits per heavy atom. The zero-order valence-electron chi connectivity index (χ0n) is 10.4. The van der Waals surface area contributed by atoms with Crippen LogP contribution in [0.5, 0.6) is 0 Å². The number of pyridine rings is 1. The van der Waals surface area contributed by atoms with Crippen LogP contribution < -0.4 is 5.44 Å². The summed E-state index contributed by atoms with van der Waals surface area (Å²) in [5.74, 6) is 0. The summed E-state index contributed by atoms with van der Waals surface area (Å²) in [7, 11) is -3.23. The third-order valence-electron chi connectivity index (χ3n) is 2.29. The molecule has 1 aromatic heterocycles. The Bertz CT molecular complexity index is 410. The summed E-state index contributed by atoms with van der Waals surface area (Å²) in [6.45, 7) is 8.08. The van der Waals surface area contributed by atoms with Gasteiger partial charge in [0.15, 0.2) is 0 Å². The van der Waals surface area contributed by atoms with Gasteiger partial charge >= 0.3 is 0 Å². The number of aromatic nitrogens is 1. The third-order valence-corrected chi connectivity index (χ3v) is 4.11. The van der Waals surface area contributed by atoms with Crippen LogP contribution in [0.15, 0.2) is 18.2 Å². The van der Waals surface area contributed by atoms with E-state index in [1.807, 2.05) is 12.1 Å². The zero-order chi connectivity index (χ0) is 12.4. The topological polar surface area (TPSA) is 50.2 Å². The van der Waals surface area contributed by atoms with E-state index in [1.165, 1.54) is 0 Å². The fraction of sp³-hybridized carbons (Fsp3) is 0.583. The molecule has 4 heteroatoms. The van der Waals surface area contributed by atoms with Crippen molar-refractivity contribution in [1.82, 2.24) is 4.98 Å². The Labute approximate surface area is 97.4 Å². The van der Waals surface area contributed by atoms with E-state index in [-0.39, 0.29) is 11.6 Å². The SMILES string of the molecule is CCP(=O)(O)c1cccc(CC(C)(C)C)n1. The zero-order valence-corrected chi connectivity index (χ0v) is 11.3. The summed E-state index contributed by atoms with van der Waals surface area (Å²) >= 11 is 0. The molecule has 1 atom stereocenters. The Morgan fingerprint density at radius 3 is 2.50 bits per heavy atom. The first kappa shape index (κ1) is 13.4. The van der Waals surface area contributed by atoms with E-state index >= 15 is 0 Å². The lowest BCUT2D eigenvalue weighted by Gasteiger charge is -2.18. The first-order valence-electron chi connectivity index (χ1n) is 5.53. The molecule has 1 aromatic rings. The number of nitrogens with zero attached hydrogens (tertiary/aromatic N) is 1. The van der Waals surface area contributed by atoms with Crippen LogP contribution in [-0.2, 0) is 11.0 Å². The molecule has 0 saturated heterocycles. The van der Waals surface area contributed by atoms with Gasteiger partial charge in [0.2, 0.25) is 7.37 Å². The minimum Gasteiger partial charge on any atom is -0.340 e. The highest BCUT2D eigenvalue weighted by molar-refractivity contribution is 7.65. The summed E-state index contributed by atoms with van der Waals surface area (Å²) in [4.78, 5) is 14.0. The molecular formula is C12H20NO2P. The van der Waals surface area contributed by atoms with Crippen molar-refractivity contribution >= 4 is 12.8 Å². The molecule has 0 aromatic carbocycles. The number of hydrogen-bond donors (Lipinski definition) is 1. The van der Waals surface area contributed by atoms with Gasteiger partial charge < -0.3 is 4.89 Å². The molecule has 16 heavy (non-hydrogen) atoms. The molecule has 0 spiro atoms. The van der Waals surface area contributed by atoms with Crippen LogP contribution >= 0.6 is 7.37 Å². The van der Waals surface area contributed by atoms with Gasteiger partial charge in [-0.15, -0.1) is 0 Å². The second-order valence-corrected chi connectivity index (χ2v) is 7.74. The highest BCUT2D eigenvalue weighted by Crippen LogP contribution is 2.37. The van der Waals surface area contributed by atoms with Gasteiger partial charge in [-0.1, -0.05) is 33.8 Å². The van der Waals surface area contributed by atoms with Gasteiger partial charge in [-0.3, -0.25) is 4.57 Å². The Morgan fingerprint density at radius 2 is 2.00 bits per heavy atom. The first-order chi connectivity index (χ1) is 7.24. The lowest BCUT2D eigenvalue weighted by Crippen LogP contribution is -2.16. The molecule has 3 nitrogen and oxygen atoms in total. The standard InChI is InChI=1S/C12H20NO2P/c1-5-16(14,15)11-8-6-7-10(13-11)9-12(2,3)4/h6-8H,5,9H2,1-4H3,(H,14,15). The van der Waals surface area contributed by atoms with Crippen molar-refractivity contribution in [2.45, 2.75) is 34.1 Å². The van der Waals surface area contributed by atoms with E-state index in [0.29, 0.717) is 5.44 Å². The van der Waals surface area contributed by atoms with E-state index in [2.05, 4.69) is 25.8 Å². The van der Waals surface area contributed by atoms with E-state index in [1.54, 1.807) is 13.0 Å². The maximum atomic E-state index is 11.8. The van der Waals surface area contributed by atoms with Crippen LogP contribution in [0.1, 0.15) is 33.4 Å². The molecule has 1 unspecified atom stereocenters. The van der Waals surface area contributed by atoms with E-state index in [0.717, 1.165) is 12.1 Å². The van der Waals surface area contributed by atoms with Gasteiger partial charge in [-0.05, 0) is 24.0 Å². The summed E-state index contributed by atoms with van der Waals surface area (Å²) in [6, 6.07) is 5.35. The van der Waals surface area contributed by atoms with Gasteiger partial charge in [-0.25, -0.2) is 4.98 Å². The van der Waals surface area contributed by atoms with E-state index in [4.69, 9.17) is 0 Å². The average Bonchev–Trinajstić information content (AvgIpc) is 2.15. The second kappa shape index (κ2) is 4.68. The fourth-order valence-electron chi connectivity index (χ4n) is 1.47. The van der Waals surface area contributed by atoms with E-state index in [9.17, 15) is 9.46 Å². The van der Waals surface area contributed by atoms with Gasteiger partial charge in [0, 0.05) is 11.9 Å². The van der Waals surface area contributed by atoms with Crippen molar-refractivity contribution in [3.8, 4) is 0 Å². The largest absolute Gasteiger partial charge is 0.340 e. The van der Waals surface area contributed by atoms with Crippen molar-refractivity contribution in [3.05, 3.63) is 23.9 Å². The molecule has 1 heterocycles. The maximum Gasteiger partial charge on any atom is 0.247 e. The monoisotopic (exact) mass is 241 g/mol. The van der Waals surface area contributed by atoms with Crippen molar-refractivity contribution < 1.29 is 9.46 Å². The summed E-state index contributed by atoms with van der Waals surface area (Å²) in [5, 5.41) is 0. The third kappa shape index (κ3) is 3.73. The fourth-order valence-corrected chi connectivity index (χ4v) is 2.39. The molecule has 0 aliphatic carbocycles.